The van der Waals surface area contributed by atoms with Crippen LogP contribution in [0.2, 0.25) is 5.02 Å². The minimum atomic E-state index is -4.35. The number of nitrogens with one attached hydrogen (secondary N) is 1. The van der Waals surface area contributed by atoms with E-state index in [4.69, 9.17) is 21.1 Å². The van der Waals surface area contributed by atoms with E-state index in [0.717, 1.165) is 55.7 Å². The summed E-state index contributed by atoms with van der Waals surface area (Å²) in [5.74, 6) is -0.336. The van der Waals surface area contributed by atoms with E-state index in [2.05, 4.69) is 11.0 Å². The third-order valence-corrected chi connectivity index (χ3v) is 13.7. The van der Waals surface area contributed by atoms with Crippen LogP contribution < -0.4 is 14.4 Å². The third-order valence-electron chi connectivity index (χ3n) is 12.1. The van der Waals surface area contributed by atoms with Crippen LogP contribution in [0, 0.1) is 17.8 Å². The molecule has 7 rings (SSSR count). The number of hydrogen-bond acceptors (Lipinski definition) is 7. The van der Waals surface area contributed by atoms with E-state index in [1.807, 2.05) is 16.9 Å². The Kier molecular flexibility index (Phi) is 9.62. The first-order chi connectivity index (χ1) is 23.8. The van der Waals surface area contributed by atoms with Crippen molar-refractivity contribution in [2.24, 2.45) is 17.8 Å². The second-order valence-corrected chi connectivity index (χ2v) is 17.7. The van der Waals surface area contributed by atoms with Crippen LogP contribution in [0.25, 0.3) is 0 Å². The fraction of sp³-hybridized carbons (Fsp3) is 0.622. The SMILES string of the molecule is CN1CC[C@@H]2CCO[C@@H](C2)[C@@H]2CC[C@H]2CN2C[C@@]3(CCCc4cc(Cl)ccc43)COc3ccc(cc32)[C@](F)(C(=O)NS(=O)(=O)N(C)C)CC1=O. The van der Waals surface area contributed by atoms with Crippen molar-refractivity contribution in [2.45, 2.75) is 75.0 Å². The number of fused-ring (bicyclic) bond motifs is 7. The summed E-state index contributed by atoms with van der Waals surface area (Å²) < 4.78 is 58.9. The average Bonchev–Trinajstić information content (AvgIpc) is 3.21. The second kappa shape index (κ2) is 13.6. The first-order valence-electron chi connectivity index (χ1n) is 17.9. The Balaban J connectivity index is 1.34. The van der Waals surface area contributed by atoms with Crippen molar-refractivity contribution in [2.75, 3.05) is 58.9 Å². The van der Waals surface area contributed by atoms with Crippen LogP contribution in [0.1, 0.15) is 68.1 Å². The first-order valence-corrected chi connectivity index (χ1v) is 19.7. The van der Waals surface area contributed by atoms with Crippen LogP contribution in [0.3, 0.4) is 0 Å². The summed E-state index contributed by atoms with van der Waals surface area (Å²) in [6, 6.07) is 10.8. The lowest BCUT2D eigenvalue weighted by atomic mass is 9.67. The monoisotopic (exact) mass is 730 g/mol. The molecular weight excluding hydrogens is 683 g/mol. The number of benzene rings is 2. The molecule has 0 aromatic heterocycles. The minimum absolute atomic E-state index is 0.0951. The largest absolute Gasteiger partial charge is 0.490 e. The number of hydrogen-bond donors (Lipinski definition) is 1. The van der Waals surface area contributed by atoms with Crippen molar-refractivity contribution in [1.82, 2.24) is 13.9 Å². The summed E-state index contributed by atoms with van der Waals surface area (Å²) in [4.78, 5) is 31.2. The highest BCUT2D eigenvalue weighted by atomic mass is 35.5. The molecule has 2 aromatic carbocycles. The molecule has 1 spiro atoms. The molecule has 272 valence electrons. The molecule has 50 heavy (non-hydrogen) atoms. The zero-order valence-electron chi connectivity index (χ0n) is 29.1. The molecule has 2 fully saturated rings. The Morgan fingerprint density at radius 3 is 2.70 bits per heavy atom. The van der Waals surface area contributed by atoms with E-state index in [0.29, 0.717) is 67.1 Å². The topological polar surface area (TPSA) is 108 Å². The Morgan fingerprint density at radius 2 is 1.94 bits per heavy atom. The maximum absolute atomic E-state index is 17.6. The number of carbonyl (C=O) groups is 2. The highest BCUT2D eigenvalue weighted by Crippen LogP contribution is 2.49. The first kappa shape index (κ1) is 35.5. The second-order valence-electron chi connectivity index (χ2n) is 15.4. The molecule has 1 saturated carbocycles. The van der Waals surface area contributed by atoms with Gasteiger partial charge in [-0.2, -0.15) is 12.7 Å². The number of anilines is 1. The highest BCUT2D eigenvalue weighted by Gasteiger charge is 2.49. The molecule has 6 atom stereocenters. The van der Waals surface area contributed by atoms with E-state index in [1.54, 1.807) is 19.2 Å². The van der Waals surface area contributed by atoms with Gasteiger partial charge in [0.25, 0.3) is 5.91 Å². The van der Waals surface area contributed by atoms with Gasteiger partial charge in [-0.25, -0.2) is 9.11 Å². The predicted octanol–water partition coefficient (Wildman–Crippen LogP) is 4.97. The van der Waals surface area contributed by atoms with Gasteiger partial charge in [0.15, 0.2) is 0 Å². The van der Waals surface area contributed by atoms with Gasteiger partial charge in [-0.15, -0.1) is 0 Å². The summed E-state index contributed by atoms with van der Waals surface area (Å²) >= 11 is 6.45. The van der Waals surface area contributed by atoms with Crippen LogP contribution >= 0.6 is 11.6 Å². The van der Waals surface area contributed by atoms with Gasteiger partial charge in [-0.1, -0.05) is 23.7 Å². The molecule has 3 aliphatic heterocycles. The summed E-state index contributed by atoms with van der Waals surface area (Å²) in [6.07, 6.45) is 6.80. The van der Waals surface area contributed by atoms with Crippen LogP contribution in [-0.2, 0) is 42.0 Å². The van der Waals surface area contributed by atoms with Gasteiger partial charge in [0.2, 0.25) is 11.6 Å². The predicted molar refractivity (Wildman–Crippen MR) is 189 cm³/mol. The molecule has 0 unspecified atom stereocenters. The van der Waals surface area contributed by atoms with Gasteiger partial charge in [0.05, 0.1) is 24.8 Å². The van der Waals surface area contributed by atoms with Crippen molar-refractivity contribution in [1.29, 1.82) is 0 Å². The molecule has 5 aliphatic rings. The third kappa shape index (κ3) is 6.61. The zero-order chi connectivity index (χ0) is 35.4. The summed E-state index contributed by atoms with van der Waals surface area (Å²) in [5.41, 5.74) is -0.381. The Hall–Kier alpha value is -2.93. The zero-order valence-corrected chi connectivity index (χ0v) is 30.7. The van der Waals surface area contributed by atoms with Gasteiger partial charge >= 0.3 is 10.2 Å². The minimum Gasteiger partial charge on any atom is -0.490 e. The Morgan fingerprint density at radius 1 is 1.12 bits per heavy atom. The molecule has 0 radical (unpaired) electrons. The molecule has 4 bridgehead atoms. The number of ether oxygens (including phenoxy) is 2. The molecule has 1 saturated heterocycles. The number of carbonyl (C=O) groups excluding carboxylic acids is 2. The molecule has 13 heteroatoms. The van der Waals surface area contributed by atoms with Crippen molar-refractivity contribution in [3.05, 3.63) is 58.1 Å². The summed E-state index contributed by atoms with van der Waals surface area (Å²) in [5, 5.41) is 0.699. The molecule has 2 amide bonds. The molecule has 2 aromatic rings. The average molecular weight is 731 g/mol. The molecule has 2 aliphatic carbocycles. The Labute approximate surface area is 299 Å². The van der Waals surface area contributed by atoms with E-state index < -0.39 is 34.1 Å². The molecule has 3 heterocycles. The number of aryl methyl sites for hydroxylation is 1. The van der Waals surface area contributed by atoms with Gasteiger partial charge in [0.1, 0.15) is 5.75 Å². The van der Waals surface area contributed by atoms with Crippen molar-refractivity contribution in [3.8, 4) is 5.75 Å². The quantitative estimate of drug-likeness (QED) is 0.475. The van der Waals surface area contributed by atoms with Crippen LogP contribution in [0.15, 0.2) is 36.4 Å². The maximum Gasteiger partial charge on any atom is 0.303 e. The molecule has 10 nitrogen and oxygen atoms in total. The van der Waals surface area contributed by atoms with Crippen LogP contribution in [0.5, 0.6) is 5.75 Å². The smallest absolute Gasteiger partial charge is 0.303 e. The van der Waals surface area contributed by atoms with Gasteiger partial charge in [-0.3, -0.25) is 9.59 Å². The van der Waals surface area contributed by atoms with Crippen LogP contribution in [-0.4, -0.2) is 89.5 Å². The van der Waals surface area contributed by atoms with Crippen molar-refractivity contribution < 1.29 is 31.9 Å². The fourth-order valence-corrected chi connectivity index (χ4v) is 9.64. The maximum atomic E-state index is 17.6. The Bertz CT molecular complexity index is 1760. The lowest BCUT2D eigenvalue weighted by Crippen LogP contribution is -2.51. The van der Waals surface area contributed by atoms with E-state index >= 15 is 4.39 Å². The number of nitrogens with zero attached hydrogens (tertiary/aromatic N) is 3. The number of alkyl halides is 1. The molecular formula is C37H48ClFN4O6S. The fourth-order valence-electron chi connectivity index (χ4n) is 8.86. The number of amides is 2. The van der Waals surface area contributed by atoms with Gasteiger partial charge < -0.3 is 19.3 Å². The standard InChI is InChI=1S/C37H48ClFN4O6S/c1-41(2)50(46,47)40-35(45)37(39)20-34(44)42(3)15-12-24-13-16-48-33(17-24)29-9-6-26(29)21-43-22-36(23-49-32-11-7-27(37)19-31(32)43)14-4-5-25-18-28(38)8-10-30(25)36/h7-8,10-11,18-19,24,26,29,33H,4-6,9,12-17,20-23H2,1-3H3,(H,40,45)/t24-,26+,29-,33+,36+,37+/m1/s1. The van der Waals surface area contributed by atoms with Gasteiger partial charge in [0, 0.05) is 63.4 Å². The lowest BCUT2D eigenvalue weighted by molar-refractivity contribution is -0.142. The molecule has 1 N–H and O–H groups in total. The number of rotatable bonds is 3. The lowest BCUT2D eigenvalue weighted by Gasteiger charge is -2.48. The van der Waals surface area contributed by atoms with E-state index in [1.165, 1.54) is 36.2 Å². The van der Waals surface area contributed by atoms with Crippen LogP contribution in [0.4, 0.5) is 10.1 Å². The van der Waals surface area contributed by atoms with Crippen molar-refractivity contribution >= 4 is 39.3 Å². The number of halogens is 2. The van der Waals surface area contributed by atoms with Gasteiger partial charge in [-0.05, 0) is 105 Å². The normalized spacial score (nSPS) is 31.6. The summed E-state index contributed by atoms with van der Waals surface area (Å²) in [7, 11) is -0.243. The highest BCUT2D eigenvalue weighted by molar-refractivity contribution is 7.87. The van der Waals surface area contributed by atoms with E-state index in [9.17, 15) is 18.0 Å². The van der Waals surface area contributed by atoms with Crippen molar-refractivity contribution in [3.63, 3.8) is 0 Å². The summed E-state index contributed by atoms with van der Waals surface area (Å²) in [6.45, 7) is 2.80. The van der Waals surface area contributed by atoms with E-state index in [-0.39, 0.29) is 17.1 Å².